The Balaban J connectivity index is 2.43. The van der Waals surface area contributed by atoms with Crippen molar-refractivity contribution in [1.29, 1.82) is 0 Å². The third-order valence-corrected chi connectivity index (χ3v) is 2.33. The van der Waals surface area contributed by atoms with Crippen molar-refractivity contribution < 1.29 is 8.78 Å². The van der Waals surface area contributed by atoms with Gasteiger partial charge in [0.05, 0.1) is 0 Å². The number of rotatable bonds is 0. The molecule has 0 nitrogen and oxygen atoms in total. The molecule has 0 fully saturated rings. The lowest BCUT2D eigenvalue weighted by Gasteiger charge is -2.12. The van der Waals surface area contributed by atoms with Crippen LogP contribution in [0.1, 0.15) is 24.0 Å². The second-order valence-electron chi connectivity index (χ2n) is 3.47. The van der Waals surface area contributed by atoms with E-state index in [1.54, 1.807) is 6.07 Å². The third kappa shape index (κ3) is 1.93. The van der Waals surface area contributed by atoms with E-state index in [0.717, 1.165) is 11.1 Å². The van der Waals surface area contributed by atoms with E-state index >= 15 is 0 Å². The number of fused-ring (bicyclic) bond motifs is 1. The zero-order valence-corrected chi connectivity index (χ0v) is 7.69. The maximum atomic E-state index is 13.0. The van der Waals surface area contributed by atoms with E-state index in [0.29, 0.717) is 12.8 Å². The van der Waals surface area contributed by atoms with Crippen LogP contribution >= 0.6 is 0 Å². The summed E-state index contributed by atoms with van der Waals surface area (Å²) in [5.74, 6) is 1.78. The summed E-state index contributed by atoms with van der Waals surface area (Å²) in [6.07, 6.45) is 1.06. The second kappa shape index (κ2) is 3.42. The molecule has 0 saturated heterocycles. The second-order valence-corrected chi connectivity index (χ2v) is 3.47. The normalized spacial score (nSPS) is 18.4. The van der Waals surface area contributed by atoms with Crippen molar-refractivity contribution in [3.05, 3.63) is 35.4 Å². The van der Waals surface area contributed by atoms with Gasteiger partial charge in [-0.2, -0.15) is 8.78 Å². The van der Waals surface area contributed by atoms with E-state index in [4.69, 9.17) is 0 Å². The van der Waals surface area contributed by atoms with Gasteiger partial charge in [-0.3, -0.25) is 0 Å². The SMILES string of the molecule is FC1(F)C#Cc2ccccc2CCC1. The molecule has 0 bridgehead atoms. The zero-order valence-electron chi connectivity index (χ0n) is 7.69. The van der Waals surface area contributed by atoms with Crippen LogP contribution in [0.5, 0.6) is 0 Å². The van der Waals surface area contributed by atoms with Crippen LogP contribution in [0.15, 0.2) is 24.3 Å². The van der Waals surface area contributed by atoms with E-state index in [9.17, 15) is 8.78 Å². The molecule has 0 atom stereocenters. The Bertz CT molecular complexity index is 396. The maximum Gasteiger partial charge on any atom is 0.308 e. The number of halogens is 2. The summed E-state index contributed by atoms with van der Waals surface area (Å²) in [7, 11) is 0. The van der Waals surface area contributed by atoms with Gasteiger partial charge in [0, 0.05) is 12.0 Å². The summed E-state index contributed by atoms with van der Waals surface area (Å²) in [5, 5.41) is 0. The molecule has 1 aliphatic carbocycles. The van der Waals surface area contributed by atoms with Crippen LogP contribution in [0.25, 0.3) is 0 Å². The monoisotopic (exact) mass is 192 g/mol. The van der Waals surface area contributed by atoms with Crippen LogP contribution in [-0.4, -0.2) is 5.92 Å². The molecule has 14 heavy (non-hydrogen) atoms. The molecule has 0 heterocycles. The largest absolute Gasteiger partial charge is 0.308 e. The Morgan fingerprint density at radius 2 is 2.00 bits per heavy atom. The maximum absolute atomic E-state index is 13.0. The summed E-state index contributed by atoms with van der Waals surface area (Å²) in [5.41, 5.74) is 1.82. The molecule has 0 amide bonds. The number of benzene rings is 1. The predicted molar refractivity (Wildman–Crippen MR) is 51.2 cm³/mol. The standard InChI is InChI=1S/C12H10F2/c13-12(14)8-3-6-10-4-1-2-5-11(10)7-9-12/h1-2,4-5H,3,6,8H2. The van der Waals surface area contributed by atoms with Crippen LogP contribution in [-0.2, 0) is 6.42 Å². The molecule has 0 aliphatic heterocycles. The van der Waals surface area contributed by atoms with Crippen molar-refractivity contribution in [2.45, 2.75) is 25.2 Å². The highest BCUT2D eigenvalue weighted by Crippen LogP contribution is 2.23. The first-order valence-corrected chi connectivity index (χ1v) is 4.66. The molecule has 0 saturated carbocycles. The van der Waals surface area contributed by atoms with E-state index in [1.165, 1.54) is 0 Å². The van der Waals surface area contributed by atoms with E-state index in [-0.39, 0.29) is 6.42 Å². The van der Waals surface area contributed by atoms with Gasteiger partial charge in [-0.1, -0.05) is 24.1 Å². The number of hydrogen-bond acceptors (Lipinski definition) is 0. The molecule has 72 valence electrons. The molecule has 1 aromatic carbocycles. The Hall–Kier alpha value is -1.36. The fraction of sp³-hybridized carbons (Fsp3) is 0.333. The van der Waals surface area contributed by atoms with Crippen molar-refractivity contribution in [2.75, 3.05) is 0 Å². The summed E-state index contributed by atoms with van der Waals surface area (Å²) >= 11 is 0. The molecule has 1 aromatic rings. The van der Waals surface area contributed by atoms with Gasteiger partial charge in [0.15, 0.2) is 0 Å². The van der Waals surface area contributed by atoms with Crippen LogP contribution in [0, 0.1) is 11.8 Å². The minimum absolute atomic E-state index is 0.131. The summed E-state index contributed by atoms with van der Waals surface area (Å²) in [6, 6.07) is 7.49. The molecular formula is C12H10F2. The summed E-state index contributed by atoms with van der Waals surface area (Å²) in [4.78, 5) is 0. The zero-order chi connectivity index (χ0) is 10.0. The summed E-state index contributed by atoms with van der Waals surface area (Å²) < 4.78 is 25.9. The van der Waals surface area contributed by atoms with E-state index in [2.05, 4.69) is 5.92 Å². The minimum Gasteiger partial charge on any atom is -0.192 e. The topological polar surface area (TPSA) is 0 Å². The highest BCUT2D eigenvalue weighted by Gasteiger charge is 2.26. The van der Waals surface area contributed by atoms with Crippen molar-refractivity contribution in [2.24, 2.45) is 0 Å². The Morgan fingerprint density at radius 1 is 1.21 bits per heavy atom. The quantitative estimate of drug-likeness (QED) is 0.554. The van der Waals surface area contributed by atoms with Gasteiger partial charge in [0.2, 0.25) is 0 Å². The Morgan fingerprint density at radius 3 is 2.86 bits per heavy atom. The van der Waals surface area contributed by atoms with Crippen molar-refractivity contribution in [3.8, 4) is 11.8 Å². The van der Waals surface area contributed by atoms with Crippen molar-refractivity contribution in [1.82, 2.24) is 0 Å². The minimum atomic E-state index is -2.81. The fourth-order valence-electron chi connectivity index (χ4n) is 1.58. The molecule has 1 aliphatic rings. The first kappa shape index (κ1) is 9.21. The van der Waals surface area contributed by atoms with Crippen molar-refractivity contribution >= 4 is 0 Å². The molecule has 0 unspecified atom stereocenters. The number of aryl methyl sites for hydroxylation is 1. The molecular weight excluding hydrogens is 182 g/mol. The molecule has 0 spiro atoms. The highest BCUT2D eigenvalue weighted by molar-refractivity contribution is 5.43. The van der Waals surface area contributed by atoms with Gasteiger partial charge in [-0.05, 0) is 30.4 Å². The molecule has 2 heteroatoms. The lowest BCUT2D eigenvalue weighted by molar-refractivity contribution is 0.0543. The van der Waals surface area contributed by atoms with Gasteiger partial charge < -0.3 is 0 Å². The van der Waals surface area contributed by atoms with Crippen LogP contribution in [0.2, 0.25) is 0 Å². The fourth-order valence-corrected chi connectivity index (χ4v) is 1.58. The average molecular weight is 192 g/mol. The smallest absolute Gasteiger partial charge is 0.192 e. The molecule has 0 aromatic heterocycles. The van der Waals surface area contributed by atoms with E-state index < -0.39 is 5.92 Å². The number of hydrogen-bond donors (Lipinski definition) is 0. The average Bonchev–Trinajstić information content (AvgIpc) is 2.14. The van der Waals surface area contributed by atoms with Gasteiger partial charge in [-0.25, -0.2) is 0 Å². The van der Waals surface area contributed by atoms with Gasteiger partial charge >= 0.3 is 5.92 Å². The summed E-state index contributed by atoms with van der Waals surface area (Å²) in [6.45, 7) is 0. The molecule has 0 N–H and O–H groups in total. The van der Waals surface area contributed by atoms with E-state index in [1.807, 2.05) is 24.1 Å². The Kier molecular flexibility index (Phi) is 2.25. The first-order chi connectivity index (χ1) is 6.67. The van der Waals surface area contributed by atoms with Gasteiger partial charge in [-0.15, -0.1) is 0 Å². The molecule has 0 radical (unpaired) electrons. The first-order valence-electron chi connectivity index (χ1n) is 4.66. The van der Waals surface area contributed by atoms with Crippen LogP contribution < -0.4 is 0 Å². The van der Waals surface area contributed by atoms with Crippen molar-refractivity contribution in [3.63, 3.8) is 0 Å². The Labute approximate surface area is 81.9 Å². The van der Waals surface area contributed by atoms with Crippen LogP contribution in [0.4, 0.5) is 8.78 Å². The van der Waals surface area contributed by atoms with Gasteiger partial charge in [0.1, 0.15) is 0 Å². The van der Waals surface area contributed by atoms with Gasteiger partial charge in [0.25, 0.3) is 0 Å². The lowest BCUT2D eigenvalue weighted by atomic mass is 9.98. The predicted octanol–water partition coefficient (Wildman–Crippen LogP) is 3.01. The molecule has 2 rings (SSSR count). The number of alkyl halides is 2. The third-order valence-electron chi connectivity index (χ3n) is 2.33. The van der Waals surface area contributed by atoms with Crippen LogP contribution in [0.3, 0.4) is 0 Å². The lowest BCUT2D eigenvalue weighted by Crippen LogP contribution is -2.14. The highest BCUT2D eigenvalue weighted by atomic mass is 19.3.